The van der Waals surface area contributed by atoms with Crippen LogP contribution in [0.5, 0.6) is 0 Å². The van der Waals surface area contributed by atoms with Gasteiger partial charge in [-0.05, 0) is 19.3 Å². The molecule has 1 aromatic rings. The third-order valence-corrected chi connectivity index (χ3v) is 2.00. The molecular weight excluding hydrogens is 178 g/mol. The predicted octanol–water partition coefficient (Wildman–Crippen LogP) is 1.90. The van der Waals surface area contributed by atoms with Crippen molar-refractivity contribution in [3.8, 4) is 0 Å². The lowest BCUT2D eigenvalue weighted by atomic mass is 10.1. The largest absolute Gasteiger partial charge is 0.340 e. The Kier molecular flexibility index (Phi) is 4.07. The molecule has 0 aliphatic carbocycles. The van der Waals surface area contributed by atoms with Crippen LogP contribution in [0.3, 0.4) is 0 Å². The Morgan fingerprint density at radius 2 is 2.07 bits per heavy atom. The van der Waals surface area contributed by atoms with Crippen molar-refractivity contribution in [1.82, 2.24) is 15.5 Å². The minimum absolute atomic E-state index is 0.494. The second-order valence-electron chi connectivity index (χ2n) is 4.14. The third-order valence-electron chi connectivity index (χ3n) is 2.00. The lowest BCUT2D eigenvalue weighted by Gasteiger charge is -2.14. The van der Waals surface area contributed by atoms with Crippen LogP contribution in [0.25, 0.3) is 0 Å². The van der Waals surface area contributed by atoms with Crippen molar-refractivity contribution in [2.45, 2.75) is 46.7 Å². The minimum atomic E-state index is 0.494. The van der Waals surface area contributed by atoms with Crippen LogP contribution >= 0.6 is 0 Å². The quantitative estimate of drug-likeness (QED) is 0.783. The van der Waals surface area contributed by atoms with Crippen LogP contribution in [0.4, 0.5) is 0 Å². The summed E-state index contributed by atoms with van der Waals surface area (Å²) in [5, 5.41) is 7.18. The molecule has 4 nitrogen and oxygen atoms in total. The van der Waals surface area contributed by atoms with E-state index in [1.54, 1.807) is 6.92 Å². The molecule has 1 N–H and O–H groups in total. The zero-order valence-corrected chi connectivity index (χ0v) is 9.37. The van der Waals surface area contributed by atoms with E-state index < -0.39 is 0 Å². The summed E-state index contributed by atoms with van der Waals surface area (Å²) in [6, 6.07) is 0.494. The van der Waals surface area contributed by atoms with Gasteiger partial charge in [-0.3, -0.25) is 0 Å². The molecule has 1 rings (SSSR count). The van der Waals surface area contributed by atoms with E-state index in [9.17, 15) is 0 Å². The average molecular weight is 197 g/mol. The predicted molar refractivity (Wildman–Crippen MR) is 54.8 cm³/mol. The summed E-state index contributed by atoms with van der Waals surface area (Å²) in [6.45, 7) is 9.10. The fourth-order valence-electron chi connectivity index (χ4n) is 1.47. The molecule has 0 spiro atoms. The Morgan fingerprint density at radius 3 is 2.57 bits per heavy atom. The van der Waals surface area contributed by atoms with E-state index in [0.717, 1.165) is 12.2 Å². The van der Waals surface area contributed by atoms with Gasteiger partial charge in [0.1, 0.15) is 0 Å². The summed E-state index contributed by atoms with van der Waals surface area (Å²) in [5.74, 6) is 2.07. The Hall–Kier alpha value is -0.900. The van der Waals surface area contributed by atoms with Crippen LogP contribution in [0.15, 0.2) is 4.52 Å². The first-order valence-corrected chi connectivity index (χ1v) is 5.10. The first-order chi connectivity index (χ1) is 6.58. The lowest BCUT2D eigenvalue weighted by Crippen LogP contribution is -2.27. The van der Waals surface area contributed by atoms with Gasteiger partial charge >= 0.3 is 0 Å². The normalized spacial score (nSPS) is 13.5. The molecule has 80 valence electrons. The van der Waals surface area contributed by atoms with Gasteiger partial charge in [0, 0.05) is 13.0 Å². The monoisotopic (exact) mass is 197 g/mol. The van der Waals surface area contributed by atoms with E-state index in [0.29, 0.717) is 24.4 Å². The molecular formula is C10H19N3O. The molecule has 0 saturated heterocycles. The smallest absolute Gasteiger partial charge is 0.223 e. The van der Waals surface area contributed by atoms with Gasteiger partial charge in [-0.15, -0.1) is 0 Å². The summed E-state index contributed by atoms with van der Waals surface area (Å²) in [6.07, 6.45) is 1.16. The first kappa shape index (κ1) is 11.2. The van der Waals surface area contributed by atoms with Crippen molar-refractivity contribution in [3.05, 3.63) is 11.7 Å². The highest BCUT2D eigenvalue weighted by atomic mass is 16.5. The highest BCUT2D eigenvalue weighted by Gasteiger charge is 2.06. The van der Waals surface area contributed by atoms with Crippen LogP contribution in [-0.4, -0.2) is 16.2 Å². The summed E-state index contributed by atoms with van der Waals surface area (Å²) in [4.78, 5) is 4.12. The Balaban J connectivity index is 2.26. The maximum absolute atomic E-state index is 4.88. The number of aryl methyl sites for hydroxylation is 1. The highest BCUT2D eigenvalue weighted by molar-refractivity contribution is 4.83. The van der Waals surface area contributed by atoms with Crippen LogP contribution in [-0.2, 0) is 6.54 Å². The maximum Gasteiger partial charge on any atom is 0.223 e. The number of hydrogen-bond donors (Lipinski definition) is 1. The van der Waals surface area contributed by atoms with Gasteiger partial charge in [0.15, 0.2) is 5.82 Å². The first-order valence-electron chi connectivity index (χ1n) is 5.10. The van der Waals surface area contributed by atoms with Gasteiger partial charge in [-0.2, -0.15) is 4.98 Å². The van der Waals surface area contributed by atoms with Gasteiger partial charge in [-0.25, -0.2) is 0 Å². The number of rotatable bonds is 5. The second kappa shape index (κ2) is 5.10. The van der Waals surface area contributed by atoms with E-state index in [-0.39, 0.29) is 0 Å². The van der Waals surface area contributed by atoms with Crippen LogP contribution < -0.4 is 5.32 Å². The van der Waals surface area contributed by atoms with E-state index >= 15 is 0 Å². The summed E-state index contributed by atoms with van der Waals surface area (Å²) < 4.78 is 4.88. The molecule has 0 bridgehead atoms. The Morgan fingerprint density at radius 1 is 1.36 bits per heavy atom. The molecule has 1 heterocycles. The maximum atomic E-state index is 4.88. The van der Waals surface area contributed by atoms with Crippen LogP contribution in [0.1, 0.15) is 38.9 Å². The molecule has 1 unspecified atom stereocenters. The van der Waals surface area contributed by atoms with Gasteiger partial charge < -0.3 is 9.84 Å². The summed E-state index contributed by atoms with van der Waals surface area (Å²) >= 11 is 0. The Bertz CT molecular complexity index is 270. The second-order valence-corrected chi connectivity index (χ2v) is 4.14. The van der Waals surface area contributed by atoms with Crippen molar-refractivity contribution in [2.24, 2.45) is 5.92 Å². The third kappa shape index (κ3) is 3.87. The molecule has 0 amide bonds. The standard InChI is InChI=1S/C10H19N3O/c1-7(2)5-8(3)11-6-10-12-9(4)14-13-10/h7-8,11H,5-6H2,1-4H3. The van der Waals surface area contributed by atoms with E-state index in [1.807, 2.05) is 0 Å². The van der Waals surface area contributed by atoms with Crippen molar-refractivity contribution in [2.75, 3.05) is 0 Å². The summed E-state index contributed by atoms with van der Waals surface area (Å²) in [5.41, 5.74) is 0. The van der Waals surface area contributed by atoms with Gasteiger partial charge in [0.25, 0.3) is 0 Å². The van der Waals surface area contributed by atoms with E-state index in [1.165, 1.54) is 0 Å². The average Bonchev–Trinajstić information content (AvgIpc) is 2.47. The molecule has 0 radical (unpaired) electrons. The Labute approximate surface area is 85.1 Å². The fourth-order valence-corrected chi connectivity index (χ4v) is 1.47. The van der Waals surface area contributed by atoms with Crippen molar-refractivity contribution in [1.29, 1.82) is 0 Å². The minimum Gasteiger partial charge on any atom is -0.340 e. The van der Waals surface area contributed by atoms with Crippen LogP contribution in [0, 0.1) is 12.8 Å². The fraction of sp³-hybridized carbons (Fsp3) is 0.800. The van der Waals surface area contributed by atoms with Crippen LogP contribution in [0.2, 0.25) is 0 Å². The van der Waals surface area contributed by atoms with Crippen molar-refractivity contribution in [3.63, 3.8) is 0 Å². The van der Waals surface area contributed by atoms with Crippen molar-refractivity contribution < 1.29 is 4.52 Å². The number of nitrogens with zero attached hydrogens (tertiary/aromatic N) is 2. The number of nitrogens with one attached hydrogen (secondary N) is 1. The zero-order valence-electron chi connectivity index (χ0n) is 9.37. The van der Waals surface area contributed by atoms with Crippen molar-refractivity contribution >= 4 is 0 Å². The molecule has 14 heavy (non-hydrogen) atoms. The molecule has 0 fully saturated rings. The van der Waals surface area contributed by atoms with Gasteiger partial charge in [0.2, 0.25) is 5.89 Å². The van der Waals surface area contributed by atoms with E-state index in [4.69, 9.17) is 4.52 Å². The molecule has 0 aliphatic rings. The lowest BCUT2D eigenvalue weighted by molar-refractivity contribution is 0.380. The molecule has 0 aliphatic heterocycles. The SMILES string of the molecule is Cc1nc(CNC(C)CC(C)C)no1. The summed E-state index contributed by atoms with van der Waals surface area (Å²) in [7, 11) is 0. The van der Waals surface area contributed by atoms with Gasteiger partial charge in [0.05, 0.1) is 6.54 Å². The number of aromatic nitrogens is 2. The molecule has 1 aromatic heterocycles. The van der Waals surface area contributed by atoms with E-state index in [2.05, 4.69) is 36.2 Å². The van der Waals surface area contributed by atoms with Gasteiger partial charge in [-0.1, -0.05) is 19.0 Å². The molecule has 0 saturated carbocycles. The molecule has 1 atom stereocenters. The number of hydrogen-bond acceptors (Lipinski definition) is 4. The zero-order chi connectivity index (χ0) is 10.6. The topological polar surface area (TPSA) is 51.0 Å². The molecule has 0 aromatic carbocycles. The highest BCUT2D eigenvalue weighted by Crippen LogP contribution is 2.04. The molecule has 4 heteroatoms.